The Kier molecular flexibility index (Phi) is 4.91. The molecule has 18 heavy (non-hydrogen) atoms. The van der Waals surface area contributed by atoms with Crippen molar-refractivity contribution in [1.82, 2.24) is 20.0 Å². The summed E-state index contributed by atoms with van der Waals surface area (Å²) >= 11 is 1.62. The number of aryl methyl sites for hydroxylation is 1. The van der Waals surface area contributed by atoms with E-state index in [1.807, 2.05) is 6.92 Å². The summed E-state index contributed by atoms with van der Waals surface area (Å²) in [4.78, 5) is 4.97. The van der Waals surface area contributed by atoms with E-state index in [1.54, 1.807) is 11.3 Å². The summed E-state index contributed by atoms with van der Waals surface area (Å²) in [7, 11) is 2.20. The van der Waals surface area contributed by atoms with Gasteiger partial charge in [0, 0.05) is 38.8 Å². The van der Waals surface area contributed by atoms with Crippen molar-refractivity contribution in [2.45, 2.75) is 26.3 Å². The molecule has 1 aromatic heterocycles. The van der Waals surface area contributed by atoms with Crippen LogP contribution in [0.5, 0.6) is 0 Å². The molecule has 1 aromatic rings. The van der Waals surface area contributed by atoms with Crippen molar-refractivity contribution < 1.29 is 0 Å². The van der Waals surface area contributed by atoms with E-state index in [4.69, 9.17) is 0 Å². The second-order valence-corrected chi connectivity index (χ2v) is 6.21. The van der Waals surface area contributed by atoms with Crippen LogP contribution in [0.3, 0.4) is 0 Å². The van der Waals surface area contributed by atoms with Crippen molar-refractivity contribution in [3.05, 3.63) is 5.01 Å². The van der Waals surface area contributed by atoms with Crippen LogP contribution >= 0.6 is 11.3 Å². The molecule has 0 spiro atoms. The van der Waals surface area contributed by atoms with Crippen LogP contribution in [-0.2, 0) is 0 Å². The van der Waals surface area contributed by atoms with Gasteiger partial charge in [0.1, 0.15) is 5.01 Å². The van der Waals surface area contributed by atoms with Gasteiger partial charge < -0.3 is 10.2 Å². The van der Waals surface area contributed by atoms with Crippen LogP contribution < -0.4 is 5.32 Å². The van der Waals surface area contributed by atoms with E-state index < -0.39 is 0 Å². The van der Waals surface area contributed by atoms with Gasteiger partial charge in [-0.2, -0.15) is 0 Å². The van der Waals surface area contributed by atoms with Gasteiger partial charge in [-0.25, -0.2) is 0 Å². The van der Waals surface area contributed by atoms with Crippen molar-refractivity contribution in [3.63, 3.8) is 0 Å². The first kappa shape index (κ1) is 13.7. The molecule has 1 fully saturated rings. The standard InChI is InChI=1S/C12H23N5S/c1-10(17-8-6-16(3)7-9-17)4-5-13-12-15-14-11(2)18-12/h10H,4-9H2,1-3H3,(H,13,15)/t10-/m1/s1. The highest BCUT2D eigenvalue weighted by Crippen LogP contribution is 2.14. The molecule has 2 rings (SSSR count). The average Bonchev–Trinajstić information content (AvgIpc) is 2.76. The second-order valence-electron chi connectivity index (χ2n) is 5.03. The molecule has 1 aliphatic rings. The Bertz CT molecular complexity index is 359. The lowest BCUT2D eigenvalue weighted by Crippen LogP contribution is -2.48. The van der Waals surface area contributed by atoms with Gasteiger partial charge in [0.25, 0.3) is 0 Å². The van der Waals surface area contributed by atoms with Crippen LogP contribution in [0.1, 0.15) is 18.4 Å². The summed E-state index contributed by atoms with van der Waals surface area (Å²) in [5, 5.41) is 13.4. The molecule has 1 aliphatic heterocycles. The smallest absolute Gasteiger partial charge is 0.205 e. The summed E-state index contributed by atoms with van der Waals surface area (Å²) in [6.45, 7) is 10.0. The Balaban J connectivity index is 1.67. The zero-order valence-corrected chi connectivity index (χ0v) is 12.3. The minimum atomic E-state index is 0.639. The molecule has 0 amide bonds. The molecule has 0 saturated carbocycles. The van der Waals surface area contributed by atoms with Crippen molar-refractivity contribution in [2.24, 2.45) is 0 Å². The summed E-state index contributed by atoms with van der Waals surface area (Å²) in [6, 6.07) is 0.639. The zero-order valence-electron chi connectivity index (χ0n) is 11.5. The molecule has 2 heterocycles. The van der Waals surface area contributed by atoms with Crippen LogP contribution in [0.2, 0.25) is 0 Å². The van der Waals surface area contributed by atoms with Crippen LogP contribution in [0, 0.1) is 6.92 Å². The molecule has 0 bridgehead atoms. The SMILES string of the molecule is Cc1nnc(NCC[C@@H](C)N2CCN(C)CC2)s1. The Morgan fingerprint density at radius 3 is 2.61 bits per heavy atom. The summed E-state index contributed by atoms with van der Waals surface area (Å²) < 4.78 is 0. The number of hydrogen-bond acceptors (Lipinski definition) is 6. The Morgan fingerprint density at radius 2 is 2.00 bits per heavy atom. The van der Waals surface area contributed by atoms with E-state index in [-0.39, 0.29) is 0 Å². The van der Waals surface area contributed by atoms with Gasteiger partial charge in [-0.15, -0.1) is 10.2 Å². The van der Waals surface area contributed by atoms with Crippen molar-refractivity contribution in [2.75, 3.05) is 45.1 Å². The average molecular weight is 269 g/mol. The van der Waals surface area contributed by atoms with Crippen LogP contribution in [-0.4, -0.2) is 65.8 Å². The normalized spacial score (nSPS) is 19.9. The maximum Gasteiger partial charge on any atom is 0.205 e. The van der Waals surface area contributed by atoms with Gasteiger partial charge in [0.15, 0.2) is 0 Å². The van der Waals surface area contributed by atoms with Crippen molar-refractivity contribution >= 4 is 16.5 Å². The number of nitrogens with one attached hydrogen (secondary N) is 1. The maximum absolute atomic E-state index is 4.07. The quantitative estimate of drug-likeness (QED) is 0.872. The van der Waals surface area contributed by atoms with E-state index in [9.17, 15) is 0 Å². The number of aromatic nitrogens is 2. The molecule has 0 aromatic carbocycles. The number of hydrogen-bond donors (Lipinski definition) is 1. The molecule has 1 saturated heterocycles. The van der Waals surface area contributed by atoms with E-state index in [0.717, 1.165) is 23.1 Å². The summed E-state index contributed by atoms with van der Waals surface area (Å²) in [5.74, 6) is 0. The van der Waals surface area contributed by atoms with Crippen molar-refractivity contribution in [1.29, 1.82) is 0 Å². The van der Waals surface area contributed by atoms with Gasteiger partial charge in [0.2, 0.25) is 5.13 Å². The third-order valence-corrected chi connectivity index (χ3v) is 4.32. The lowest BCUT2D eigenvalue weighted by molar-refractivity contribution is 0.116. The predicted molar refractivity (Wildman–Crippen MR) is 76.3 cm³/mol. The lowest BCUT2D eigenvalue weighted by Gasteiger charge is -2.36. The van der Waals surface area contributed by atoms with Gasteiger partial charge in [-0.1, -0.05) is 11.3 Å². The maximum atomic E-state index is 4.07. The third-order valence-electron chi connectivity index (χ3n) is 3.53. The predicted octanol–water partition coefficient (Wildman–Crippen LogP) is 1.28. The van der Waals surface area contributed by atoms with Crippen molar-refractivity contribution in [3.8, 4) is 0 Å². The molecule has 1 N–H and O–H groups in total. The molecule has 0 radical (unpaired) electrons. The molecule has 6 heteroatoms. The van der Waals surface area contributed by atoms with E-state index >= 15 is 0 Å². The Labute approximate surface area is 113 Å². The van der Waals surface area contributed by atoms with E-state index in [0.29, 0.717) is 6.04 Å². The second kappa shape index (κ2) is 6.45. The number of piperazine rings is 1. The fourth-order valence-corrected chi connectivity index (χ4v) is 2.82. The first-order valence-corrected chi connectivity index (χ1v) is 7.43. The lowest BCUT2D eigenvalue weighted by atomic mass is 10.2. The van der Waals surface area contributed by atoms with Gasteiger partial charge in [-0.05, 0) is 27.3 Å². The summed E-state index contributed by atoms with van der Waals surface area (Å²) in [5.41, 5.74) is 0. The molecular formula is C12H23N5S. The minimum absolute atomic E-state index is 0.639. The highest BCUT2D eigenvalue weighted by Gasteiger charge is 2.18. The van der Waals surface area contributed by atoms with Gasteiger partial charge in [-0.3, -0.25) is 4.90 Å². The van der Waals surface area contributed by atoms with Gasteiger partial charge in [0.05, 0.1) is 0 Å². The highest BCUT2D eigenvalue weighted by molar-refractivity contribution is 7.15. The summed E-state index contributed by atoms with van der Waals surface area (Å²) in [6.07, 6.45) is 1.16. The minimum Gasteiger partial charge on any atom is -0.360 e. The molecule has 102 valence electrons. The molecule has 5 nitrogen and oxygen atoms in total. The van der Waals surface area contributed by atoms with Crippen LogP contribution in [0.15, 0.2) is 0 Å². The van der Waals surface area contributed by atoms with Crippen LogP contribution in [0.25, 0.3) is 0 Å². The fourth-order valence-electron chi connectivity index (χ4n) is 2.20. The van der Waals surface area contributed by atoms with E-state index in [2.05, 4.69) is 39.3 Å². The Hall–Kier alpha value is -0.720. The molecule has 0 unspecified atom stereocenters. The zero-order chi connectivity index (χ0) is 13.0. The fraction of sp³-hybridized carbons (Fsp3) is 0.833. The van der Waals surface area contributed by atoms with Crippen LogP contribution in [0.4, 0.5) is 5.13 Å². The number of anilines is 1. The third kappa shape index (κ3) is 3.90. The molecule has 0 aliphatic carbocycles. The number of nitrogens with zero attached hydrogens (tertiary/aromatic N) is 4. The monoisotopic (exact) mass is 269 g/mol. The Morgan fingerprint density at radius 1 is 1.28 bits per heavy atom. The number of rotatable bonds is 5. The highest BCUT2D eigenvalue weighted by atomic mass is 32.1. The van der Waals surface area contributed by atoms with E-state index in [1.165, 1.54) is 26.2 Å². The first-order valence-electron chi connectivity index (χ1n) is 6.61. The van der Waals surface area contributed by atoms with Gasteiger partial charge >= 0.3 is 0 Å². The molecular weight excluding hydrogens is 246 g/mol. The molecule has 1 atom stereocenters. The largest absolute Gasteiger partial charge is 0.360 e. The number of likely N-dealkylation sites (N-methyl/N-ethyl adjacent to an activating group) is 1. The first-order chi connectivity index (χ1) is 8.65. The topological polar surface area (TPSA) is 44.3 Å².